The quantitative estimate of drug-likeness (QED) is 0.537. The molecule has 2 amide bonds. The van der Waals surface area contributed by atoms with E-state index in [1.54, 1.807) is 26.0 Å². The van der Waals surface area contributed by atoms with Crippen LogP contribution in [0, 0.1) is 5.92 Å². The molecule has 0 fully saturated rings. The Balaban J connectivity index is 2.57. The van der Waals surface area contributed by atoms with Gasteiger partial charge in [-0.2, -0.15) is 0 Å². The number of carbonyl (C=O) groups excluding carboxylic acids is 2. The highest BCUT2D eigenvalue weighted by Crippen LogP contribution is 2.17. The lowest BCUT2D eigenvalue weighted by atomic mass is 10.0. The number of primary amides is 1. The first-order valence-corrected chi connectivity index (χ1v) is 4.89. The van der Waals surface area contributed by atoms with Crippen molar-refractivity contribution in [2.75, 3.05) is 0 Å². The second kappa shape index (κ2) is 4.02. The summed E-state index contributed by atoms with van der Waals surface area (Å²) in [4.78, 5) is 22.7. The summed E-state index contributed by atoms with van der Waals surface area (Å²) in [6.45, 7) is 3.15. The Morgan fingerprint density at radius 3 is 2.40 bits per heavy atom. The molecule has 2 atom stereocenters. The van der Waals surface area contributed by atoms with Crippen LogP contribution in [0.5, 0.6) is 0 Å². The van der Waals surface area contributed by atoms with Gasteiger partial charge in [-0.15, -0.1) is 0 Å². The lowest BCUT2D eigenvalue weighted by molar-refractivity contribution is -0.131. The third-order valence-corrected chi connectivity index (χ3v) is 2.51. The molecule has 0 aromatic carbocycles. The number of hydrogen-bond donors (Lipinski definition) is 3. The lowest BCUT2D eigenvalue weighted by Gasteiger charge is -2.24. The fraction of sp³-hybridized carbons (Fsp3) is 0.600. The topological polar surface area (TPSA) is 98.2 Å². The first-order valence-electron chi connectivity index (χ1n) is 4.89. The second-order valence-corrected chi connectivity index (χ2v) is 4.37. The van der Waals surface area contributed by atoms with Gasteiger partial charge in [-0.05, 0) is 20.3 Å². The molecule has 0 spiro atoms. The molecule has 0 bridgehead atoms. The van der Waals surface area contributed by atoms with Crippen molar-refractivity contribution in [1.29, 1.82) is 0 Å². The maximum absolute atomic E-state index is 11.7. The predicted molar refractivity (Wildman–Crippen MR) is 56.6 cm³/mol. The molecular weight excluding hydrogens is 194 g/mol. The largest absolute Gasteiger partial charge is 0.368 e. The van der Waals surface area contributed by atoms with Gasteiger partial charge in [0.25, 0.3) is 0 Å². The molecular formula is C10H17N3O2. The van der Waals surface area contributed by atoms with Crippen LogP contribution >= 0.6 is 0 Å². The average molecular weight is 211 g/mol. The van der Waals surface area contributed by atoms with Crippen molar-refractivity contribution >= 4 is 11.8 Å². The molecule has 0 saturated carbocycles. The third kappa shape index (κ3) is 2.79. The van der Waals surface area contributed by atoms with E-state index in [0.717, 1.165) is 0 Å². The summed E-state index contributed by atoms with van der Waals surface area (Å²) in [5, 5.41) is 2.60. The first-order chi connectivity index (χ1) is 6.83. The minimum absolute atomic E-state index is 0.0718. The van der Waals surface area contributed by atoms with Gasteiger partial charge in [0.15, 0.2) is 0 Å². The zero-order chi connectivity index (χ0) is 11.6. The first kappa shape index (κ1) is 11.7. The Bertz CT molecular complexity index is 310. The molecule has 0 aromatic heterocycles. The van der Waals surface area contributed by atoms with E-state index in [2.05, 4.69) is 5.32 Å². The molecule has 1 aliphatic carbocycles. The molecule has 5 heteroatoms. The Labute approximate surface area is 88.9 Å². The Morgan fingerprint density at radius 2 is 2.00 bits per heavy atom. The van der Waals surface area contributed by atoms with Gasteiger partial charge in [-0.1, -0.05) is 12.2 Å². The van der Waals surface area contributed by atoms with Crippen LogP contribution in [0.1, 0.15) is 20.3 Å². The third-order valence-electron chi connectivity index (χ3n) is 2.51. The second-order valence-electron chi connectivity index (χ2n) is 4.37. The maximum atomic E-state index is 11.7. The fourth-order valence-corrected chi connectivity index (χ4v) is 1.38. The molecule has 0 aromatic rings. The van der Waals surface area contributed by atoms with Crippen LogP contribution in [0.3, 0.4) is 0 Å². The van der Waals surface area contributed by atoms with Crippen LogP contribution in [0.15, 0.2) is 12.2 Å². The molecule has 0 aliphatic heterocycles. The molecule has 84 valence electrons. The number of carbonyl (C=O) groups is 2. The van der Waals surface area contributed by atoms with E-state index >= 15 is 0 Å². The summed E-state index contributed by atoms with van der Waals surface area (Å²) in [5.41, 5.74) is 9.76. The van der Waals surface area contributed by atoms with Crippen LogP contribution < -0.4 is 16.8 Å². The summed E-state index contributed by atoms with van der Waals surface area (Å²) in [5.74, 6) is -1.01. The highest BCUT2D eigenvalue weighted by Gasteiger charge is 2.31. The summed E-state index contributed by atoms with van der Waals surface area (Å²) < 4.78 is 0. The van der Waals surface area contributed by atoms with Crippen molar-refractivity contribution in [2.45, 2.75) is 31.8 Å². The smallest absolute Gasteiger partial charge is 0.242 e. The summed E-state index contributed by atoms with van der Waals surface area (Å²) in [6, 6.07) is -0.0718. The van der Waals surface area contributed by atoms with Gasteiger partial charge in [0.1, 0.15) is 5.54 Å². The van der Waals surface area contributed by atoms with Crippen LogP contribution in [0.4, 0.5) is 0 Å². The van der Waals surface area contributed by atoms with Crippen molar-refractivity contribution in [3.8, 4) is 0 Å². The van der Waals surface area contributed by atoms with E-state index in [1.807, 2.05) is 0 Å². The van der Waals surface area contributed by atoms with Crippen molar-refractivity contribution in [3.63, 3.8) is 0 Å². The van der Waals surface area contributed by atoms with Gasteiger partial charge < -0.3 is 16.8 Å². The van der Waals surface area contributed by atoms with E-state index in [9.17, 15) is 9.59 Å². The monoisotopic (exact) mass is 211 g/mol. The standard InChI is InChI=1S/C10H17N3O2/c1-10(2,9(12)15)13-8(14)6-3-4-7(11)5-6/h3-4,6-7H,5,11H2,1-2H3,(H2,12,15)(H,13,14). The number of amides is 2. The zero-order valence-corrected chi connectivity index (χ0v) is 8.99. The number of rotatable bonds is 3. The molecule has 1 aliphatic rings. The van der Waals surface area contributed by atoms with Crippen LogP contribution in [-0.2, 0) is 9.59 Å². The molecule has 5 nitrogen and oxygen atoms in total. The number of nitrogens with two attached hydrogens (primary N) is 2. The molecule has 0 saturated heterocycles. The molecule has 5 N–H and O–H groups in total. The summed E-state index contributed by atoms with van der Waals surface area (Å²) in [7, 11) is 0. The molecule has 1 rings (SSSR count). The average Bonchev–Trinajstić information content (AvgIpc) is 2.50. The molecule has 2 unspecified atom stereocenters. The van der Waals surface area contributed by atoms with E-state index in [0.29, 0.717) is 6.42 Å². The van der Waals surface area contributed by atoms with Gasteiger partial charge in [-0.3, -0.25) is 9.59 Å². The van der Waals surface area contributed by atoms with Crippen molar-refractivity contribution in [2.24, 2.45) is 17.4 Å². The molecule has 0 radical (unpaired) electrons. The van der Waals surface area contributed by atoms with Crippen LogP contribution in [-0.4, -0.2) is 23.4 Å². The van der Waals surface area contributed by atoms with Crippen molar-refractivity contribution < 1.29 is 9.59 Å². The van der Waals surface area contributed by atoms with Gasteiger partial charge >= 0.3 is 0 Å². The zero-order valence-electron chi connectivity index (χ0n) is 8.99. The highest BCUT2D eigenvalue weighted by molar-refractivity contribution is 5.91. The van der Waals surface area contributed by atoms with Gasteiger partial charge in [0.2, 0.25) is 11.8 Å². The maximum Gasteiger partial charge on any atom is 0.242 e. The van der Waals surface area contributed by atoms with Gasteiger partial charge in [-0.25, -0.2) is 0 Å². The highest BCUT2D eigenvalue weighted by atomic mass is 16.2. The van der Waals surface area contributed by atoms with Crippen LogP contribution in [0.2, 0.25) is 0 Å². The van der Waals surface area contributed by atoms with Crippen LogP contribution in [0.25, 0.3) is 0 Å². The minimum Gasteiger partial charge on any atom is -0.368 e. The number of nitrogens with one attached hydrogen (secondary N) is 1. The van der Waals surface area contributed by atoms with E-state index in [4.69, 9.17) is 11.5 Å². The fourth-order valence-electron chi connectivity index (χ4n) is 1.38. The summed E-state index contributed by atoms with van der Waals surface area (Å²) in [6.07, 6.45) is 4.14. The normalized spacial score (nSPS) is 25.3. The molecule has 15 heavy (non-hydrogen) atoms. The minimum atomic E-state index is -1.02. The van der Waals surface area contributed by atoms with E-state index in [-0.39, 0.29) is 17.9 Å². The van der Waals surface area contributed by atoms with Crippen molar-refractivity contribution in [3.05, 3.63) is 12.2 Å². The van der Waals surface area contributed by atoms with E-state index in [1.165, 1.54) is 0 Å². The number of hydrogen-bond acceptors (Lipinski definition) is 3. The Kier molecular flexibility index (Phi) is 3.14. The van der Waals surface area contributed by atoms with E-state index < -0.39 is 11.4 Å². The summed E-state index contributed by atoms with van der Waals surface area (Å²) >= 11 is 0. The SMILES string of the molecule is CC(C)(NC(=O)C1C=CC(N)C1)C(N)=O. The Hall–Kier alpha value is -1.36. The predicted octanol–water partition coefficient (Wildman–Crippen LogP) is -0.730. The van der Waals surface area contributed by atoms with Gasteiger partial charge in [0.05, 0.1) is 5.92 Å². The van der Waals surface area contributed by atoms with Crippen molar-refractivity contribution in [1.82, 2.24) is 5.32 Å². The molecule has 0 heterocycles. The van der Waals surface area contributed by atoms with Gasteiger partial charge in [0, 0.05) is 6.04 Å². The Morgan fingerprint density at radius 1 is 1.40 bits per heavy atom. The lowest BCUT2D eigenvalue weighted by Crippen LogP contribution is -2.54.